The summed E-state index contributed by atoms with van der Waals surface area (Å²) < 4.78 is 26.9. The summed E-state index contributed by atoms with van der Waals surface area (Å²) in [6, 6.07) is 12.6. The van der Waals surface area contributed by atoms with Crippen molar-refractivity contribution in [3.05, 3.63) is 59.2 Å². The van der Waals surface area contributed by atoms with Crippen molar-refractivity contribution in [1.29, 1.82) is 0 Å². The van der Waals surface area contributed by atoms with Crippen LogP contribution < -0.4 is 4.90 Å². The molecule has 0 fully saturated rings. The number of hydrogen-bond donors (Lipinski definition) is 0. The van der Waals surface area contributed by atoms with E-state index in [2.05, 4.69) is 0 Å². The molecule has 0 radical (unpaired) electrons. The van der Waals surface area contributed by atoms with Crippen LogP contribution in [0.3, 0.4) is 0 Å². The number of benzene rings is 2. The third-order valence-corrected chi connectivity index (χ3v) is 6.88. The molecular weight excluding hydrogens is 348 g/mol. The van der Waals surface area contributed by atoms with E-state index in [-0.39, 0.29) is 5.91 Å². The summed E-state index contributed by atoms with van der Waals surface area (Å²) in [6.45, 7) is 7.09. The Kier molecular flexibility index (Phi) is 5.16. The Bertz CT molecular complexity index is 917. The lowest BCUT2D eigenvalue weighted by Crippen LogP contribution is -2.30. The summed E-state index contributed by atoms with van der Waals surface area (Å²) in [4.78, 5) is 14.8. The highest BCUT2D eigenvalue weighted by Crippen LogP contribution is 2.32. The van der Waals surface area contributed by atoms with Crippen LogP contribution in [0.1, 0.15) is 35.3 Å². The fourth-order valence-corrected chi connectivity index (χ4v) is 4.82. The number of carbonyl (C=O) groups excluding carboxylic acids is 1. The fraction of sp³-hybridized carbons (Fsp3) is 0.350. The van der Waals surface area contributed by atoms with Crippen molar-refractivity contribution in [3.63, 3.8) is 0 Å². The first-order valence-electron chi connectivity index (χ1n) is 8.90. The lowest BCUT2D eigenvalue weighted by molar-refractivity contribution is 0.0989. The quantitative estimate of drug-likeness (QED) is 0.810. The molecule has 2 aromatic carbocycles. The SMILES string of the molecule is CCN(CC)S(=O)(=O)c1ccc2c(c1)CCN2C(=O)c1ccc(C)cc1. The Balaban J connectivity index is 1.91. The lowest BCUT2D eigenvalue weighted by atomic mass is 10.1. The van der Waals surface area contributed by atoms with Crippen molar-refractivity contribution in [2.75, 3.05) is 24.5 Å². The van der Waals surface area contributed by atoms with Crippen molar-refractivity contribution in [2.45, 2.75) is 32.1 Å². The van der Waals surface area contributed by atoms with Gasteiger partial charge in [0.15, 0.2) is 0 Å². The number of fused-ring (bicyclic) bond motifs is 1. The third kappa shape index (κ3) is 3.27. The molecule has 3 rings (SSSR count). The molecule has 0 aliphatic carbocycles. The van der Waals surface area contributed by atoms with Gasteiger partial charge < -0.3 is 4.90 Å². The van der Waals surface area contributed by atoms with Gasteiger partial charge in [-0.15, -0.1) is 0 Å². The van der Waals surface area contributed by atoms with Crippen LogP contribution in [0, 0.1) is 6.92 Å². The second-order valence-electron chi connectivity index (χ2n) is 6.45. The van der Waals surface area contributed by atoms with Gasteiger partial charge in [0.1, 0.15) is 0 Å². The molecule has 1 aliphatic heterocycles. The first kappa shape index (κ1) is 18.6. The average molecular weight is 372 g/mol. The molecule has 138 valence electrons. The predicted molar refractivity (Wildman–Crippen MR) is 103 cm³/mol. The van der Waals surface area contributed by atoms with Crippen LogP contribution in [-0.4, -0.2) is 38.3 Å². The molecule has 0 aromatic heterocycles. The minimum absolute atomic E-state index is 0.0527. The highest BCUT2D eigenvalue weighted by atomic mass is 32.2. The van der Waals surface area contributed by atoms with Gasteiger partial charge in [0.25, 0.3) is 5.91 Å². The maximum atomic E-state index is 12.8. The van der Waals surface area contributed by atoms with Crippen LogP contribution in [0.2, 0.25) is 0 Å². The van der Waals surface area contributed by atoms with E-state index in [4.69, 9.17) is 0 Å². The van der Waals surface area contributed by atoms with E-state index in [0.29, 0.717) is 36.5 Å². The van der Waals surface area contributed by atoms with Gasteiger partial charge in [-0.05, 0) is 49.2 Å². The summed E-state index contributed by atoms with van der Waals surface area (Å²) >= 11 is 0. The molecule has 0 spiro atoms. The number of anilines is 1. The van der Waals surface area contributed by atoms with Crippen molar-refractivity contribution in [3.8, 4) is 0 Å². The van der Waals surface area contributed by atoms with Gasteiger partial charge in [0.2, 0.25) is 10.0 Å². The number of amides is 1. The van der Waals surface area contributed by atoms with E-state index in [1.807, 2.05) is 45.0 Å². The summed E-state index contributed by atoms with van der Waals surface area (Å²) in [5.74, 6) is -0.0527. The van der Waals surface area contributed by atoms with Crippen molar-refractivity contribution < 1.29 is 13.2 Å². The van der Waals surface area contributed by atoms with Crippen LogP contribution in [0.4, 0.5) is 5.69 Å². The van der Waals surface area contributed by atoms with Gasteiger partial charge in [-0.25, -0.2) is 8.42 Å². The molecule has 0 saturated carbocycles. The highest BCUT2D eigenvalue weighted by Gasteiger charge is 2.28. The van der Waals surface area contributed by atoms with E-state index in [9.17, 15) is 13.2 Å². The second kappa shape index (κ2) is 7.21. The summed E-state index contributed by atoms with van der Waals surface area (Å²) in [6.07, 6.45) is 0.661. The number of rotatable bonds is 5. The minimum atomic E-state index is -3.49. The molecule has 0 N–H and O–H groups in total. The van der Waals surface area contributed by atoms with E-state index < -0.39 is 10.0 Å². The summed E-state index contributed by atoms with van der Waals surface area (Å²) in [7, 11) is -3.49. The molecular formula is C20H24N2O3S. The van der Waals surface area contributed by atoms with Crippen molar-refractivity contribution in [2.24, 2.45) is 0 Å². The lowest BCUT2D eigenvalue weighted by Gasteiger charge is -2.20. The molecule has 0 atom stereocenters. The molecule has 1 aliphatic rings. The molecule has 1 amide bonds. The van der Waals surface area contributed by atoms with Gasteiger partial charge in [0, 0.05) is 30.9 Å². The molecule has 6 heteroatoms. The highest BCUT2D eigenvalue weighted by molar-refractivity contribution is 7.89. The van der Waals surface area contributed by atoms with Crippen LogP contribution in [0.25, 0.3) is 0 Å². The Morgan fingerprint density at radius 2 is 1.73 bits per heavy atom. The number of carbonyl (C=O) groups is 1. The Labute approximate surface area is 155 Å². The van der Waals surface area contributed by atoms with E-state index in [1.54, 1.807) is 23.1 Å². The number of nitrogens with zero attached hydrogens (tertiary/aromatic N) is 2. The zero-order valence-electron chi connectivity index (χ0n) is 15.4. The van der Waals surface area contributed by atoms with Gasteiger partial charge in [0.05, 0.1) is 4.90 Å². The smallest absolute Gasteiger partial charge is 0.258 e. The minimum Gasteiger partial charge on any atom is -0.308 e. The first-order valence-corrected chi connectivity index (χ1v) is 10.3. The summed E-state index contributed by atoms with van der Waals surface area (Å²) in [5.41, 5.74) is 3.45. The number of sulfonamides is 1. The third-order valence-electron chi connectivity index (χ3n) is 4.83. The maximum absolute atomic E-state index is 12.8. The maximum Gasteiger partial charge on any atom is 0.258 e. The Hall–Kier alpha value is -2.18. The topological polar surface area (TPSA) is 57.7 Å². The molecule has 5 nitrogen and oxygen atoms in total. The normalized spacial score (nSPS) is 13.9. The monoisotopic (exact) mass is 372 g/mol. The molecule has 2 aromatic rings. The molecule has 1 heterocycles. The zero-order chi connectivity index (χ0) is 18.9. The molecule has 0 saturated heterocycles. The Morgan fingerprint density at radius 1 is 1.08 bits per heavy atom. The second-order valence-corrected chi connectivity index (χ2v) is 8.39. The standard InChI is InChI=1S/C20H24N2O3S/c1-4-21(5-2)26(24,25)18-10-11-19-17(14-18)12-13-22(19)20(23)16-8-6-15(3)7-9-16/h6-11,14H,4-5,12-13H2,1-3H3. The van der Waals surface area contributed by atoms with Crippen LogP contribution >= 0.6 is 0 Å². The fourth-order valence-electron chi connectivity index (χ4n) is 3.31. The first-order chi connectivity index (χ1) is 12.4. The predicted octanol–water partition coefficient (Wildman–Crippen LogP) is 3.23. The molecule has 0 unspecified atom stereocenters. The van der Waals surface area contributed by atoms with Gasteiger partial charge in [-0.2, -0.15) is 4.31 Å². The molecule has 0 bridgehead atoms. The average Bonchev–Trinajstić information content (AvgIpc) is 3.05. The molecule has 26 heavy (non-hydrogen) atoms. The van der Waals surface area contributed by atoms with Gasteiger partial charge in [-0.1, -0.05) is 31.5 Å². The number of aryl methyl sites for hydroxylation is 1. The van der Waals surface area contributed by atoms with Gasteiger partial charge in [-0.3, -0.25) is 4.79 Å². The van der Waals surface area contributed by atoms with E-state index >= 15 is 0 Å². The van der Waals surface area contributed by atoms with E-state index in [1.165, 1.54) is 4.31 Å². The van der Waals surface area contributed by atoms with Crippen LogP contribution in [0.5, 0.6) is 0 Å². The van der Waals surface area contributed by atoms with Crippen LogP contribution in [-0.2, 0) is 16.4 Å². The van der Waals surface area contributed by atoms with Gasteiger partial charge >= 0.3 is 0 Å². The van der Waals surface area contributed by atoms with Crippen LogP contribution in [0.15, 0.2) is 47.4 Å². The largest absolute Gasteiger partial charge is 0.308 e. The summed E-state index contributed by atoms with van der Waals surface area (Å²) in [5, 5.41) is 0. The van der Waals surface area contributed by atoms with Crippen molar-refractivity contribution >= 4 is 21.6 Å². The zero-order valence-corrected chi connectivity index (χ0v) is 16.2. The van der Waals surface area contributed by atoms with E-state index in [0.717, 1.165) is 16.8 Å². The number of hydrogen-bond acceptors (Lipinski definition) is 3. The Morgan fingerprint density at radius 3 is 2.35 bits per heavy atom. The van der Waals surface area contributed by atoms with Crippen molar-refractivity contribution in [1.82, 2.24) is 4.31 Å².